The van der Waals surface area contributed by atoms with Crippen molar-refractivity contribution in [2.45, 2.75) is 0 Å². The van der Waals surface area contributed by atoms with Gasteiger partial charge in [0.1, 0.15) is 6.29 Å². The van der Waals surface area contributed by atoms with Gasteiger partial charge in [0.2, 0.25) is 0 Å². The fourth-order valence-corrected chi connectivity index (χ4v) is 1.47. The van der Waals surface area contributed by atoms with Crippen LogP contribution in [0.3, 0.4) is 0 Å². The van der Waals surface area contributed by atoms with Crippen LogP contribution >= 0.6 is 35.4 Å². The number of halogens is 2. The molecule has 0 saturated heterocycles. The summed E-state index contributed by atoms with van der Waals surface area (Å²) in [4.78, 5) is 14.1. The highest BCUT2D eigenvalue weighted by molar-refractivity contribution is 7.78. The van der Waals surface area contributed by atoms with Crippen molar-refractivity contribution in [1.82, 2.24) is 0 Å². The number of aliphatic imine (C=N–C) groups is 1. The third kappa shape index (κ3) is 3.26. The predicted molar refractivity (Wildman–Crippen MR) is 66.0 cm³/mol. The number of rotatable bonds is 3. The van der Waals surface area contributed by atoms with Gasteiger partial charge in [-0.1, -0.05) is 23.2 Å². The highest BCUT2D eigenvalue weighted by atomic mass is 35.5. The van der Waals surface area contributed by atoms with Crippen molar-refractivity contribution in [3.05, 3.63) is 34.9 Å². The van der Waals surface area contributed by atoms with E-state index in [0.29, 0.717) is 22.6 Å². The van der Waals surface area contributed by atoms with Gasteiger partial charge in [0.05, 0.1) is 15.9 Å². The molecule has 0 heterocycles. The second kappa shape index (κ2) is 5.79. The normalized spacial score (nSPS) is 10.7. The van der Waals surface area contributed by atoms with Crippen LogP contribution in [0.1, 0.15) is 5.56 Å². The lowest BCUT2D eigenvalue weighted by molar-refractivity contribution is -0.104. The first-order chi connectivity index (χ1) is 7.19. The Balaban J connectivity index is 3.34. The summed E-state index contributed by atoms with van der Waals surface area (Å²) in [6.45, 7) is 0. The molecule has 1 rings (SSSR count). The van der Waals surface area contributed by atoms with Gasteiger partial charge in [-0.3, -0.25) is 4.79 Å². The number of carbonyl (C=O) groups excluding carboxylic acids is 1. The molecule has 0 unspecified atom stereocenters. The van der Waals surface area contributed by atoms with Gasteiger partial charge in [-0.25, -0.2) is 0 Å². The summed E-state index contributed by atoms with van der Waals surface area (Å²) in [5.74, 6) is 0. The van der Waals surface area contributed by atoms with Gasteiger partial charge in [0, 0.05) is 10.6 Å². The Morgan fingerprint density at radius 1 is 1.53 bits per heavy atom. The molecule has 2 nitrogen and oxygen atoms in total. The quantitative estimate of drug-likeness (QED) is 0.356. The Bertz CT molecular complexity index is 464. The van der Waals surface area contributed by atoms with E-state index in [0.717, 1.165) is 0 Å². The third-order valence-corrected chi connectivity index (χ3v) is 2.25. The first kappa shape index (κ1) is 12.1. The molecular formula is C10H5Cl2NOS. The summed E-state index contributed by atoms with van der Waals surface area (Å²) in [6.07, 6.45) is 1.83. The number of allylic oxidation sites excluding steroid dienone is 1. The summed E-state index contributed by atoms with van der Waals surface area (Å²) < 4.78 is 0. The van der Waals surface area contributed by atoms with Crippen LogP contribution in [-0.4, -0.2) is 11.4 Å². The maximum atomic E-state index is 10.3. The average molecular weight is 258 g/mol. The van der Waals surface area contributed by atoms with Crippen LogP contribution in [0, 0.1) is 0 Å². The van der Waals surface area contributed by atoms with Crippen LogP contribution in [0.5, 0.6) is 0 Å². The number of thiocarbonyl (C=S) groups is 1. The predicted octanol–water partition coefficient (Wildman–Crippen LogP) is 3.85. The Morgan fingerprint density at radius 2 is 2.27 bits per heavy atom. The molecule has 1 aromatic carbocycles. The zero-order valence-electron chi connectivity index (χ0n) is 7.41. The molecule has 0 aliphatic carbocycles. The fraction of sp³-hybridized carbons (Fsp3) is 0. The zero-order valence-corrected chi connectivity index (χ0v) is 9.73. The Kier molecular flexibility index (Phi) is 4.66. The van der Waals surface area contributed by atoms with Crippen molar-refractivity contribution in [2.75, 3.05) is 0 Å². The Labute approximate surface area is 102 Å². The number of nitrogens with zero attached hydrogens (tertiary/aromatic N) is 1. The molecule has 76 valence electrons. The summed E-state index contributed by atoms with van der Waals surface area (Å²) in [5.41, 5.74) is 1.08. The average Bonchev–Trinajstić information content (AvgIpc) is 2.18. The Hall–Kier alpha value is -0.990. The maximum Gasteiger partial charge on any atom is 0.144 e. The molecule has 0 amide bonds. The maximum absolute atomic E-state index is 10.3. The molecule has 0 saturated carbocycles. The van der Waals surface area contributed by atoms with Crippen LogP contribution in [0.25, 0.3) is 5.03 Å². The van der Waals surface area contributed by atoms with Crippen molar-refractivity contribution in [2.24, 2.45) is 4.99 Å². The van der Waals surface area contributed by atoms with E-state index in [1.165, 1.54) is 6.08 Å². The zero-order chi connectivity index (χ0) is 11.3. The third-order valence-electron chi connectivity index (χ3n) is 1.60. The van der Waals surface area contributed by atoms with Crippen molar-refractivity contribution in [3.63, 3.8) is 0 Å². The molecule has 1 aromatic rings. The second-order valence-corrected chi connectivity index (χ2v) is 3.54. The molecular weight excluding hydrogens is 253 g/mol. The molecule has 0 radical (unpaired) electrons. The minimum atomic E-state index is 0.283. The van der Waals surface area contributed by atoms with Crippen LogP contribution < -0.4 is 0 Å². The van der Waals surface area contributed by atoms with Crippen LogP contribution in [0.2, 0.25) is 5.02 Å². The molecule has 0 spiro atoms. The topological polar surface area (TPSA) is 29.4 Å². The molecule has 0 atom stereocenters. The van der Waals surface area contributed by atoms with Gasteiger partial charge in [-0.15, -0.1) is 0 Å². The molecule has 0 fully saturated rings. The lowest BCUT2D eigenvalue weighted by Crippen LogP contribution is -1.80. The summed E-state index contributed by atoms with van der Waals surface area (Å²) in [5, 5.41) is 3.02. The van der Waals surface area contributed by atoms with E-state index >= 15 is 0 Å². The van der Waals surface area contributed by atoms with E-state index in [2.05, 4.69) is 22.4 Å². The molecule has 15 heavy (non-hydrogen) atoms. The van der Waals surface area contributed by atoms with E-state index in [1.807, 2.05) is 0 Å². The van der Waals surface area contributed by atoms with Crippen molar-refractivity contribution >= 4 is 57.6 Å². The second-order valence-electron chi connectivity index (χ2n) is 2.52. The van der Waals surface area contributed by atoms with E-state index in [4.69, 9.17) is 23.2 Å². The van der Waals surface area contributed by atoms with E-state index in [1.54, 1.807) is 18.2 Å². The summed E-state index contributed by atoms with van der Waals surface area (Å²) >= 11 is 16.1. The minimum Gasteiger partial charge on any atom is -0.299 e. The SMILES string of the molecule is O=C/C=C(\Cl)c1ccc(Cl)cc1N=C=S. The van der Waals surface area contributed by atoms with Crippen molar-refractivity contribution in [1.29, 1.82) is 0 Å². The molecule has 0 bridgehead atoms. The lowest BCUT2D eigenvalue weighted by Gasteiger charge is -2.02. The highest BCUT2D eigenvalue weighted by Crippen LogP contribution is 2.31. The minimum absolute atomic E-state index is 0.283. The fourth-order valence-electron chi connectivity index (χ4n) is 0.998. The van der Waals surface area contributed by atoms with Gasteiger partial charge < -0.3 is 0 Å². The largest absolute Gasteiger partial charge is 0.299 e. The number of benzene rings is 1. The van der Waals surface area contributed by atoms with E-state index in [9.17, 15) is 4.79 Å². The number of carbonyl (C=O) groups is 1. The molecule has 5 heteroatoms. The Morgan fingerprint density at radius 3 is 2.87 bits per heavy atom. The molecule has 0 aliphatic rings. The van der Waals surface area contributed by atoms with Gasteiger partial charge in [-0.2, -0.15) is 4.99 Å². The van der Waals surface area contributed by atoms with Crippen molar-refractivity contribution < 1.29 is 4.79 Å². The van der Waals surface area contributed by atoms with Gasteiger partial charge >= 0.3 is 0 Å². The number of hydrogen-bond acceptors (Lipinski definition) is 3. The van der Waals surface area contributed by atoms with Crippen LogP contribution in [-0.2, 0) is 4.79 Å². The van der Waals surface area contributed by atoms with E-state index < -0.39 is 0 Å². The summed E-state index contributed by atoms with van der Waals surface area (Å²) in [7, 11) is 0. The number of aldehydes is 1. The van der Waals surface area contributed by atoms with Gasteiger partial charge in [0.15, 0.2) is 0 Å². The highest BCUT2D eigenvalue weighted by Gasteiger charge is 2.05. The smallest absolute Gasteiger partial charge is 0.144 e. The summed E-state index contributed by atoms with van der Waals surface area (Å²) in [6, 6.07) is 4.91. The van der Waals surface area contributed by atoms with Crippen LogP contribution in [0.4, 0.5) is 5.69 Å². The van der Waals surface area contributed by atoms with Gasteiger partial charge in [-0.05, 0) is 36.5 Å². The molecule has 0 N–H and O–H groups in total. The van der Waals surface area contributed by atoms with Crippen molar-refractivity contribution in [3.8, 4) is 0 Å². The van der Waals surface area contributed by atoms with Gasteiger partial charge in [0.25, 0.3) is 0 Å². The molecule has 0 aromatic heterocycles. The number of hydrogen-bond donors (Lipinski definition) is 0. The van der Waals surface area contributed by atoms with E-state index in [-0.39, 0.29) is 5.03 Å². The standard InChI is InChI=1S/C10H5Cl2NOS/c11-7-1-2-8(9(12)3-4-14)10(5-7)13-6-15/h1-5H/b9-3-. The first-order valence-corrected chi connectivity index (χ1v) is 5.04. The molecule has 0 aliphatic heterocycles. The first-order valence-electron chi connectivity index (χ1n) is 3.88. The van der Waals surface area contributed by atoms with Crippen LogP contribution in [0.15, 0.2) is 29.3 Å². The monoisotopic (exact) mass is 257 g/mol. The number of isothiocyanates is 1. The lowest BCUT2D eigenvalue weighted by atomic mass is 10.1.